The first kappa shape index (κ1) is 22.8. The van der Waals surface area contributed by atoms with Gasteiger partial charge in [-0.2, -0.15) is 5.10 Å². The van der Waals surface area contributed by atoms with Crippen LogP contribution in [-0.4, -0.2) is 44.5 Å². The van der Waals surface area contributed by atoms with Crippen LogP contribution in [0.5, 0.6) is 0 Å². The average molecular weight is 471 g/mol. The Morgan fingerprint density at radius 1 is 1.03 bits per heavy atom. The number of likely N-dealkylation sites (tertiary alicyclic amines) is 1. The first-order chi connectivity index (χ1) is 17.0. The van der Waals surface area contributed by atoms with E-state index in [1.807, 2.05) is 71.8 Å². The maximum absolute atomic E-state index is 12.6. The molecule has 1 saturated heterocycles. The van der Waals surface area contributed by atoms with E-state index in [9.17, 15) is 9.59 Å². The summed E-state index contributed by atoms with van der Waals surface area (Å²) in [5, 5.41) is 11.7. The summed E-state index contributed by atoms with van der Waals surface area (Å²) in [5.41, 5.74) is 6.43. The number of nitrogens with zero attached hydrogens (tertiary/aromatic N) is 4. The van der Waals surface area contributed by atoms with Gasteiger partial charge in [0, 0.05) is 48.5 Å². The van der Waals surface area contributed by atoms with Crippen molar-refractivity contribution in [2.24, 2.45) is 0 Å². The van der Waals surface area contributed by atoms with Gasteiger partial charge in [0.2, 0.25) is 5.91 Å². The molecule has 180 valence electrons. The highest BCUT2D eigenvalue weighted by Gasteiger charge is 2.18. The highest BCUT2D eigenvalue weighted by molar-refractivity contribution is 5.92. The predicted molar refractivity (Wildman–Crippen MR) is 136 cm³/mol. The molecule has 2 aromatic heterocycles. The van der Waals surface area contributed by atoms with Crippen LogP contribution in [0.25, 0.3) is 16.6 Å². The van der Waals surface area contributed by atoms with Gasteiger partial charge in [-0.3, -0.25) is 4.79 Å². The van der Waals surface area contributed by atoms with E-state index in [0.29, 0.717) is 19.4 Å². The zero-order valence-electron chi connectivity index (χ0n) is 20.2. The van der Waals surface area contributed by atoms with Crippen LogP contribution in [0, 0.1) is 13.8 Å². The number of aromatic nitrogens is 3. The van der Waals surface area contributed by atoms with E-state index in [4.69, 9.17) is 10.1 Å². The average Bonchev–Trinajstić information content (AvgIpc) is 3.52. The van der Waals surface area contributed by atoms with Gasteiger partial charge in [-0.25, -0.2) is 14.3 Å². The molecule has 1 aliphatic heterocycles. The third-order valence-electron chi connectivity index (χ3n) is 6.68. The molecule has 0 saturated carbocycles. The van der Waals surface area contributed by atoms with E-state index in [-0.39, 0.29) is 11.9 Å². The molecule has 3 heterocycles. The molecule has 4 aromatic rings. The second-order valence-electron chi connectivity index (χ2n) is 9.12. The molecular weight excluding hydrogens is 440 g/mol. The quantitative estimate of drug-likeness (QED) is 0.438. The first-order valence-corrected chi connectivity index (χ1v) is 12.1. The van der Waals surface area contributed by atoms with Gasteiger partial charge in [0.25, 0.3) is 0 Å². The smallest absolute Gasteiger partial charge is 0.321 e. The zero-order valence-corrected chi connectivity index (χ0v) is 20.2. The van der Waals surface area contributed by atoms with Crippen molar-refractivity contribution in [3.05, 3.63) is 71.0 Å². The lowest BCUT2D eigenvalue weighted by Crippen LogP contribution is -2.32. The van der Waals surface area contributed by atoms with Gasteiger partial charge in [-0.15, -0.1) is 0 Å². The van der Waals surface area contributed by atoms with E-state index in [1.54, 1.807) is 0 Å². The van der Waals surface area contributed by atoms with Gasteiger partial charge >= 0.3 is 6.03 Å². The van der Waals surface area contributed by atoms with Crippen LogP contribution in [-0.2, 0) is 17.8 Å². The van der Waals surface area contributed by atoms with Gasteiger partial charge in [0.1, 0.15) is 0 Å². The number of hydrogen-bond acceptors (Lipinski definition) is 4. The van der Waals surface area contributed by atoms with Gasteiger partial charge in [-0.1, -0.05) is 24.3 Å². The van der Waals surface area contributed by atoms with Crippen molar-refractivity contribution >= 4 is 34.2 Å². The van der Waals surface area contributed by atoms with Crippen molar-refractivity contribution in [3.63, 3.8) is 0 Å². The number of carbonyl (C=O) groups excluding carboxylic acids is 2. The Bertz CT molecular complexity index is 1400. The molecule has 0 atom stereocenters. The fourth-order valence-corrected chi connectivity index (χ4v) is 4.75. The summed E-state index contributed by atoms with van der Waals surface area (Å²) in [6.45, 7) is 6.04. The number of benzene rings is 2. The fourth-order valence-electron chi connectivity index (χ4n) is 4.75. The lowest BCUT2D eigenvalue weighted by atomic mass is 10.1. The molecule has 0 unspecified atom stereocenters. The van der Waals surface area contributed by atoms with Crippen molar-refractivity contribution in [2.75, 3.05) is 18.4 Å². The molecule has 0 radical (unpaired) electrons. The molecule has 2 N–H and O–H groups in total. The first-order valence-electron chi connectivity index (χ1n) is 12.1. The Hall–Kier alpha value is -3.94. The van der Waals surface area contributed by atoms with E-state index in [2.05, 4.69) is 10.6 Å². The molecular formula is C27H30N6O2. The maximum Gasteiger partial charge on any atom is 0.321 e. The van der Waals surface area contributed by atoms with Gasteiger partial charge in [0.05, 0.1) is 5.52 Å². The van der Waals surface area contributed by atoms with Crippen molar-refractivity contribution in [1.29, 1.82) is 0 Å². The summed E-state index contributed by atoms with van der Waals surface area (Å²) in [7, 11) is 0. The summed E-state index contributed by atoms with van der Waals surface area (Å²) in [5.74, 6) is -0.0268. The Morgan fingerprint density at radius 2 is 1.83 bits per heavy atom. The second-order valence-corrected chi connectivity index (χ2v) is 9.12. The summed E-state index contributed by atoms with van der Waals surface area (Å²) >= 11 is 0. The standard InChI is InChI=1S/C27H30N6O2/c1-18-22(19(2)33-26(29-18)23-10-3-4-11-24(23)31-33)12-13-25(34)28-17-20-8-7-9-21(16-20)30-27(35)32-14-5-6-15-32/h3-4,7-11,16H,5-6,12-15,17H2,1-2H3,(H,28,34)(H,30,35). The third-order valence-corrected chi connectivity index (χ3v) is 6.68. The fraction of sp³-hybridized carbons (Fsp3) is 0.333. The minimum absolute atomic E-state index is 0.0268. The summed E-state index contributed by atoms with van der Waals surface area (Å²) in [4.78, 5) is 31.6. The number of rotatable bonds is 6. The van der Waals surface area contributed by atoms with Gasteiger partial charge < -0.3 is 15.5 Å². The number of carbonyl (C=O) groups is 2. The molecule has 3 amide bonds. The molecule has 1 fully saturated rings. The zero-order chi connectivity index (χ0) is 24.4. The Labute approximate surface area is 204 Å². The summed E-state index contributed by atoms with van der Waals surface area (Å²) in [6.07, 6.45) is 3.07. The predicted octanol–water partition coefficient (Wildman–Crippen LogP) is 4.38. The third kappa shape index (κ3) is 4.82. The van der Waals surface area contributed by atoms with E-state index in [0.717, 1.165) is 70.7 Å². The molecule has 1 aliphatic rings. The van der Waals surface area contributed by atoms with Crippen molar-refractivity contribution < 1.29 is 9.59 Å². The number of hydrogen-bond donors (Lipinski definition) is 2. The van der Waals surface area contributed by atoms with Crippen LogP contribution in [0.2, 0.25) is 0 Å². The molecule has 2 aromatic carbocycles. The largest absolute Gasteiger partial charge is 0.352 e. The highest BCUT2D eigenvalue weighted by atomic mass is 16.2. The number of nitrogens with one attached hydrogen (secondary N) is 2. The molecule has 8 heteroatoms. The summed E-state index contributed by atoms with van der Waals surface area (Å²) in [6, 6.07) is 15.5. The van der Waals surface area contributed by atoms with Crippen LogP contribution in [0.3, 0.4) is 0 Å². The molecule has 0 bridgehead atoms. The van der Waals surface area contributed by atoms with Crippen LogP contribution in [0.4, 0.5) is 10.5 Å². The SMILES string of the molecule is Cc1nc2c3ccccc3nn2c(C)c1CCC(=O)NCc1cccc(NC(=O)N2CCCC2)c1. The number of urea groups is 1. The minimum atomic E-state index is -0.0647. The lowest BCUT2D eigenvalue weighted by Gasteiger charge is -2.16. The Balaban J connectivity index is 1.20. The molecule has 0 spiro atoms. The number of aryl methyl sites for hydroxylation is 2. The molecule has 8 nitrogen and oxygen atoms in total. The minimum Gasteiger partial charge on any atom is -0.352 e. The van der Waals surface area contributed by atoms with E-state index >= 15 is 0 Å². The van der Waals surface area contributed by atoms with Gasteiger partial charge in [-0.05, 0) is 68.5 Å². The Morgan fingerprint density at radius 3 is 2.66 bits per heavy atom. The van der Waals surface area contributed by atoms with Crippen molar-refractivity contribution in [1.82, 2.24) is 24.8 Å². The lowest BCUT2D eigenvalue weighted by molar-refractivity contribution is -0.121. The number of amides is 3. The van der Waals surface area contributed by atoms with Crippen LogP contribution in [0.1, 0.15) is 41.8 Å². The van der Waals surface area contributed by atoms with Crippen LogP contribution >= 0.6 is 0 Å². The van der Waals surface area contributed by atoms with Crippen molar-refractivity contribution in [2.45, 2.75) is 46.1 Å². The molecule has 5 rings (SSSR count). The second kappa shape index (κ2) is 9.74. The number of fused-ring (bicyclic) bond motifs is 3. The summed E-state index contributed by atoms with van der Waals surface area (Å²) < 4.78 is 1.88. The number of anilines is 1. The molecule has 0 aliphatic carbocycles. The van der Waals surface area contributed by atoms with Gasteiger partial charge in [0.15, 0.2) is 5.65 Å². The maximum atomic E-state index is 12.6. The highest BCUT2D eigenvalue weighted by Crippen LogP contribution is 2.23. The van der Waals surface area contributed by atoms with Crippen LogP contribution < -0.4 is 10.6 Å². The van der Waals surface area contributed by atoms with Crippen molar-refractivity contribution in [3.8, 4) is 0 Å². The van der Waals surface area contributed by atoms with E-state index in [1.165, 1.54) is 0 Å². The Kier molecular flexibility index (Phi) is 6.35. The normalized spacial score (nSPS) is 13.5. The monoisotopic (exact) mass is 470 g/mol. The van der Waals surface area contributed by atoms with E-state index < -0.39 is 0 Å². The van der Waals surface area contributed by atoms with Crippen LogP contribution in [0.15, 0.2) is 48.5 Å². The molecule has 35 heavy (non-hydrogen) atoms. The topological polar surface area (TPSA) is 91.6 Å².